The van der Waals surface area contributed by atoms with Gasteiger partial charge in [0.25, 0.3) is 11.5 Å². The van der Waals surface area contributed by atoms with Gasteiger partial charge in [-0.3, -0.25) is 14.7 Å². The van der Waals surface area contributed by atoms with E-state index in [9.17, 15) is 18.0 Å². The number of benzene rings is 2. The van der Waals surface area contributed by atoms with E-state index < -0.39 is 15.9 Å². The number of nitrogens with one attached hydrogen (secondary N) is 2. The molecule has 0 radical (unpaired) electrons. The highest BCUT2D eigenvalue weighted by Crippen LogP contribution is 2.32. The molecule has 1 unspecified atom stereocenters. The molecule has 3 aromatic rings. The highest BCUT2D eigenvalue weighted by atomic mass is 32.2. The number of hydrogen-bond acceptors (Lipinski definition) is 5. The minimum atomic E-state index is -3.36. The molecule has 8 nitrogen and oxygen atoms in total. The lowest BCUT2D eigenvalue weighted by molar-refractivity contribution is -0.122. The van der Waals surface area contributed by atoms with Crippen molar-refractivity contribution in [2.24, 2.45) is 0 Å². The number of unbranched alkanes of at least 4 members (excludes halogenated alkanes) is 2. The molecule has 1 heterocycles. The first-order chi connectivity index (χ1) is 18.8. The Labute approximate surface area is 238 Å². The maximum atomic E-state index is 13.3. The third-order valence-corrected chi connectivity index (χ3v) is 8.73. The number of aryl methyl sites for hydroxylation is 1. The van der Waals surface area contributed by atoms with E-state index in [0.717, 1.165) is 43.9 Å². The third kappa shape index (κ3) is 7.24. The second-order valence-electron chi connectivity index (χ2n) is 11.0. The molecule has 0 saturated heterocycles. The Morgan fingerprint density at radius 3 is 2.33 bits per heavy atom. The van der Waals surface area contributed by atoms with Gasteiger partial charge >= 0.3 is 0 Å². The molecule has 0 aliphatic heterocycles. The van der Waals surface area contributed by atoms with Crippen molar-refractivity contribution in [3.8, 4) is 11.4 Å². The van der Waals surface area contributed by atoms with E-state index in [-0.39, 0.29) is 27.6 Å². The van der Waals surface area contributed by atoms with Crippen LogP contribution in [-0.2, 0) is 26.5 Å². The number of carbonyl (C=O) groups excluding carboxylic acids is 1. The van der Waals surface area contributed by atoms with E-state index in [1.165, 1.54) is 22.4 Å². The van der Waals surface area contributed by atoms with Crippen LogP contribution in [0.3, 0.4) is 0 Å². The fourth-order valence-electron chi connectivity index (χ4n) is 4.43. The molecular weight excluding hydrogens is 526 g/mol. The molecule has 1 amide bonds. The molecule has 1 atom stereocenters. The second-order valence-corrected chi connectivity index (χ2v) is 13.1. The van der Waals surface area contributed by atoms with Crippen LogP contribution in [0.4, 0.5) is 5.82 Å². The number of anilines is 1. The molecule has 0 fully saturated rings. The van der Waals surface area contributed by atoms with Crippen molar-refractivity contribution in [1.29, 1.82) is 0 Å². The quantitative estimate of drug-likeness (QED) is 0.242. The van der Waals surface area contributed by atoms with Crippen molar-refractivity contribution in [1.82, 2.24) is 9.78 Å². The first kappa shape index (κ1) is 31.2. The molecule has 40 heavy (non-hydrogen) atoms. The summed E-state index contributed by atoms with van der Waals surface area (Å²) in [6.45, 7) is 12.3. The third-order valence-electron chi connectivity index (χ3n) is 7.60. The molecular formula is C31H43N3O5S. The number of sulfone groups is 1. The number of amides is 1. The maximum Gasteiger partial charge on any atom is 0.276 e. The minimum absolute atomic E-state index is 0.0429. The van der Waals surface area contributed by atoms with Crippen LogP contribution in [-0.4, -0.2) is 36.5 Å². The van der Waals surface area contributed by atoms with Crippen LogP contribution >= 0.6 is 0 Å². The van der Waals surface area contributed by atoms with Crippen LogP contribution in [0.2, 0.25) is 0 Å². The summed E-state index contributed by atoms with van der Waals surface area (Å²) in [6, 6.07) is 12.3. The molecule has 0 bridgehead atoms. The van der Waals surface area contributed by atoms with Gasteiger partial charge in [-0.2, -0.15) is 0 Å². The first-order valence-corrected chi connectivity index (χ1v) is 15.9. The van der Waals surface area contributed by atoms with Gasteiger partial charge in [-0.1, -0.05) is 59.6 Å². The summed E-state index contributed by atoms with van der Waals surface area (Å²) in [4.78, 5) is 26.4. The smallest absolute Gasteiger partial charge is 0.276 e. The number of H-pyrrole nitrogens is 1. The van der Waals surface area contributed by atoms with Gasteiger partial charge in [0.15, 0.2) is 15.9 Å². The molecule has 2 aromatic carbocycles. The zero-order valence-corrected chi connectivity index (χ0v) is 25.6. The van der Waals surface area contributed by atoms with Crippen LogP contribution in [0.25, 0.3) is 5.69 Å². The van der Waals surface area contributed by atoms with Crippen LogP contribution in [0.1, 0.15) is 83.4 Å². The number of hydrogen-bond donors (Lipinski definition) is 2. The molecule has 218 valence electrons. The zero-order valence-electron chi connectivity index (χ0n) is 24.8. The topological polar surface area (TPSA) is 110 Å². The molecule has 0 aliphatic rings. The van der Waals surface area contributed by atoms with Crippen molar-refractivity contribution >= 4 is 21.6 Å². The second kappa shape index (κ2) is 12.9. The van der Waals surface area contributed by atoms with Crippen LogP contribution in [0.15, 0.2) is 52.2 Å². The van der Waals surface area contributed by atoms with E-state index in [4.69, 9.17) is 4.74 Å². The summed E-state index contributed by atoms with van der Waals surface area (Å²) in [5, 5.41) is 5.77. The monoisotopic (exact) mass is 569 g/mol. The lowest BCUT2D eigenvalue weighted by Crippen LogP contribution is -2.33. The molecule has 3 rings (SSSR count). The van der Waals surface area contributed by atoms with Crippen LogP contribution < -0.4 is 15.6 Å². The zero-order chi connectivity index (χ0) is 29.7. The van der Waals surface area contributed by atoms with Gasteiger partial charge in [-0.25, -0.2) is 13.1 Å². The molecule has 0 saturated carbocycles. The fraction of sp³-hybridized carbons (Fsp3) is 0.484. The van der Waals surface area contributed by atoms with E-state index >= 15 is 0 Å². The first-order valence-electron chi connectivity index (χ1n) is 14.0. The molecule has 9 heteroatoms. The Morgan fingerprint density at radius 1 is 1.07 bits per heavy atom. The van der Waals surface area contributed by atoms with Gasteiger partial charge in [0, 0.05) is 6.26 Å². The molecule has 1 aromatic heterocycles. The number of carbonyl (C=O) groups is 1. The summed E-state index contributed by atoms with van der Waals surface area (Å²) in [5.74, 6) is 0.624. The number of ether oxygens (including phenoxy) is 1. The minimum Gasteiger partial charge on any atom is -0.480 e. The van der Waals surface area contributed by atoms with Crippen molar-refractivity contribution in [3.05, 3.63) is 69.5 Å². The van der Waals surface area contributed by atoms with Gasteiger partial charge in [0.05, 0.1) is 16.1 Å². The van der Waals surface area contributed by atoms with E-state index in [2.05, 4.69) is 50.2 Å². The van der Waals surface area contributed by atoms with Crippen molar-refractivity contribution in [2.45, 2.75) is 96.5 Å². The van der Waals surface area contributed by atoms with Gasteiger partial charge in [-0.05, 0) is 79.5 Å². The van der Waals surface area contributed by atoms with E-state index in [0.29, 0.717) is 23.4 Å². The van der Waals surface area contributed by atoms with Crippen LogP contribution in [0, 0.1) is 6.92 Å². The summed E-state index contributed by atoms with van der Waals surface area (Å²) < 4.78 is 31.1. The van der Waals surface area contributed by atoms with Gasteiger partial charge in [-0.15, -0.1) is 0 Å². The summed E-state index contributed by atoms with van der Waals surface area (Å²) in [7, 11) is -3.36. The van der Waals surface area contributed by atoms with E-state index in [1.807, 2.05) is 13.0 Å². The maximum absolute atomic E-state index is 13.3. The highest BCUT2D eigenvalue weighted by molar-refractivity contribution is 7.90. The Bertz CT molecular complexity index is 1480. The highest BCUT2D eigenvalue weighted by Gasteiger charge is 2.24. The van der Waals surface area contributed by atoms with Gasteiger partial charge < -0.3 is 10.1 Å². The van der Waals surface area contributed by atoms with Crippen LogP contribution in [0.5, 0.6) is 5.75 Å². The summed E-state index contributed by atoms with van der Waals surface area (Å²) >= 11 is 0. The fourth-order valence-corrected chi connectivity index (χ4v) is 5.06. The lowest BCUT2D eigenvalue weighted by Gasteiger charge is -2.26. The summed E-state index contributed by atoms with van der Waals surface area (Å²) in [5.41, 5.74) is 2.85. The SMILES string of the molecule is CCCCCc1cc(C(C)(C)CC)ccc1OC(CC)C(=O)Nc1[nH]n(-c2ccc(S(C)(=O)=O)cc2)c(=O)c1C. The number of nitrogens with zero attached hydrogens (tertiary/aromatic N) is 1. The van der Waals surface area contributed by atoms with Crippen molar-refractivity contribution in [3.63, 3.8) is 0 Å². The average molecular weight is 570 g/mol. The Kier molecular flexibility index (Phi) is 10.1. The Balaban J connectivity index is 1.84. The molecule has 2 N–H and O–H groups in total. The van der Waals surface area contributed by atoms with E-state index in [1.54, 1.807) is 19.1 Å². The Hall–Kier alpha value is -3.33. The molecule has 0 spiro atoms. The average Bonchev–Trinajstić information content (AvgIpc) is 3.20. The lowest BCUT2D eigenvalue weighted by atomic mass is 9.81. The van der Waals surface area contributed by atoms with Crippen molar-refractivity contribution in [2.75, 3.05) is 11.6 Å². The largest absolute Gasteiger partial charge is 0.480 e. The molecule has 0 aliphatic carbocycles. The normalized spacial score (nSPS) is 12.8. The standard InChI is InChI=1S/C31H43N3O5S/c1-8-11-12-13-22-20-23(31(5,6)10-3)14-19-27(22)39-26(9-2)29(35)32-28-21(4)30(36)34(33-28)24-15-17-25(18-16-24)40(7,37)38/h14-20,26,33H,8-13H2,1-7H3,(H,32,35). The number of rotatable bonds is 13. The summed E-state index contributed by atoms with van der Waals surface area (Å²) in [6.07, 6.45) is 6.00. The number of aromatic amines is 1. The van der Waals surface area contributed by atoms with Gasteiger partial charge in [0.1, 0.15) is 11.6 Å². The predicted molar refractivity (Wildman–Crippen MR) is 161 cm³/mol. The Morgan fingerprint density at radius 2 is 1.75 bits per heavy atom. The number of aromatic nitrogens is 2. The predicted octanol–water partition coefficient (Wildman–Crippen LogP) is 6.09. The van der Waals surface area contributed by atoms with Gasteiger partial charge in [0.2, 0.25) is 0 Å². The van der Waals surface area contributed by atoms with Crippen molar-refractivity contribution < 1.29 is 17.9 Å².